The summed E-state index contributed by atoms with van der Waals surface area (Å²) in [6, 6.07) is 7.03. The molecular formula is C24H40O2Si2. The van der Waals surface area contributed by atoms with Crippen LogP contribution in [-0.2, 0) is 10.8 Å². The lowest BCUT2D eigenvalue weighted by Crippen LogP contribution is -2.47. The van der Waals surface area contributed by atoms with Gasteiger partial charge in [0.2, 0.25) is 8.32 Å². The maximum atomic E-state index is 6.71. The number of fused-ring (bicyclic) bond motifs is 5. The molecule has 0 aromatic heterocycles. The summed E-state index contributed by atoms with van der Waals surface area (Å²) >= 11 is 0. The minimum atomic E-state index is -1.54. The van der Waals surface area contributed by atoms with Crippen LogP contribution < -0.4 is 4.43 Å². The fourth-order valence-electron chi connectivity index (χ4n) is 6.55. The molecule has 1 aromatic rings. The maximum Gasteiger partial charge on any atom is 0.242 e. The standard InChI is InChI=1S/C24H40O2Si2/c1-24-15-14-20-19-11-9-18(25-27(2,3)4)16-17(19)8-10-21(20)22(24)12-13-23(24)26-28(5,6)7/h9,11,16,20-23H,8,10,12-15H2,1-7H3/t20-,21-,22+,23?,24+/m1/s1. The van der Waals surface area contributed by atoms with Crippen molar-refractivity contribution in [1.82, 2.24) is 0 Å². The second-order valence-electron chi connectivity index (χ2n) is 11.8. The quantitative estimate of drug-likeness (QED) is 0.493. The molecule has 1 unspecified atom stereocenters. The molecule has 0 saturated heterocycles. The van der Waals surface area contributed by atoms with Gasteiger partial charge in [0.25, 0.3) is 0 Å². The molecule has 3 aliphatic carbocycles. The molecule has 2 nitrogen and oxygen atoms in total. The number of benzene rings is 1. The average molecular weight is 417 g/mol. The fourth-order valence-corrected chi connectivity index (χ4v) is 8.62. The van der Waals surface area contributed by atoms with E-state index >= 15 is 0 Å². The van der Waals surface area contributed by atoms with Crippen molar-refractivity contribution in [2.75, 3.05) is 0 Å². The van der Waals surface area contributed by atoms with Crippen LogP contribution in [0.1, 0.15) is 56.1 Å². The van der Waals surface area contributed by atoms with Gasteiger partial charge in [-0.3, -0.25) is 0 Å². The summed E-state index contributed by atoms with van der Waals surface area (Å²) in [5.41, 5.74) is 3.60. The molecule has 0 radical (unpaired) electrons. The minimum absolute atomic E-state index is 0.403. The van der Waals surface area contributed by atoms with Gasteiger partial charge < -0.3 is 8.85 Å². The topological polar surface area (TPSA) is 18.5 Å². The lowest BCUT2D eigenvalue weighted by Gasteiger charge is -2.51. The Morgan fingerprint density at radius 1 is 0.929 bits per heavy atom. The van der Waals surface area contributed by atoms with Gasteiger partial charge in [-0.15, -0.1) is 0 Å². The van der Waals surface area contributed by atoms with Gasteiger partial charge in [-0.05, 0) is 124 Å². The van der Waals surface area contributed by atoms with Gasteiger partial charge in [0, 0.05) is 0 Å². The predicted molar refractivity (Wildman–Crippen MR) is 123 cm³/mol. The summed E-state index contributed by atoms with van der Waals surface area (Å²) in [7, 11) is -3.03. The van der Waals surface area contributed by atoms with Crippen molar-refractivity contribution in [1.29, 1.82) is 0 Å². The van der Waals surface area contributed by atoms with Gasteiger partial charge in [-0.25, -0.2) is 0 Å². The van der Waals surface area contributed by atoms with Gasteiger partial charge >= 0.3 is 0 Å². The highest BCUT2D eigenvalue weighted by Crippen LogP contribution is 2.61. The highest BCUT2D eigenvalue weighted by molar-refractivity contribution is 6.70. The van der Waals surface area contributed by atoms with Crippen molar-refractivity contribution < 1.29 is 8.85 Å². The second kappa shape index (κ2) is 6.99. The first-order valence-electron chi connectivity index (χ1n) is 11.5. The number of hydrogen-bond donors (Lipinski definition) is 0. The molecule has 28 heavy (non-hydrogen) atoms. The van der Waals surface area contributed by atoms with Crippen molar-refractivity contribution in [2.24, 2.45) is 17.3 Å². The molecule has 0 N–H and O–H groups in total. The van der Waals surface area contributed by atoms with Crippen LogP contribution in [0.5, 0.6) is 5.75 Å². The highest BCUT2D eigenvalue weighted by atomic mass is 28.4. The van der Waals surface area contributed by atoms with Crippen LogP contribution in [0.25, 0.3) is 0 Å². The predicted octanol–water partition coefficient (Wildman–Crippen LogP) is 6.98. The Morgan fingerprint density at radius 3 is 2.36 bits per heavy atom. The van der Waals surface area contributed by atoms with Crippen molar-refractivity contribution in [3.05, 3.63) is 29.3 Å². The van der Waals surface area contributed by atoms with E-state index in [0.717, 1.165) is 23.5 Å². The Bertz CT molecular complexity index is 733. The van der Waals surface area contributed by atoms with Crippen LogP contribution in [0.15, 0.2) is 18.2 Å². The molecule has 4 rings (SSSR count). The first-order valence-corrected chi connectivity index (χ1v) is 18.3. The Hall–Kier alpha value is -0.586. The molecule has 1 aromatic carbocycles. The van der Waals surface area contributed by atoms with Gasteiger partial charge in [0.15, 0.2) is 8.32 Å². The SMILES string of the molecule is C[C@]12CC[C@@H]3c4ccc(O[Si](C)(C)C)cc4CC[C@H]3[C@@H]1CCC2O[Si](C)(C)C. The molecule has 4 heteroatoms. The first-order chi connectivity index (χ1) is 13.0. The molecule has 0 amide bonds. The van der Waals surface area contributed by atoms with Gasteiger partial charge in [-0.1, -0.05) is 13.0 Å². The third-order valence-corrected chi connectivity index (χ3v) is 9.37. The summed E-state index contributed by atoms with van der Waals surface area (Å²) in [5, 5.41) is 0. The van der Waals surface area contributed by atoms with E-state index in [-0.39, 0.29) is 0 Å². The fraction of sp³-hybridized carbons (Fsp3) is 0.750. The average Bonchev–Trinajstić information content (AvgIpc) is 2.88. The monoisotopic (exact) mass is 416 g/mol. The van der Waals surface area contributed by atoms with E-state index in [9.17, 15) is 0 Å². The zero-order valence-corrected chi connectivity index (χ0v) is 21.1. The van der Waals surface area contributed by atoms with Gasteiger partial charge in [-0.2, -0.15) is 0 Å². The zero-order valence-electron chi connectivity index (χ0n) is 19.1. The van der Waals surface area contributed by atoms with Crippen LogP contribution in [0.2, 0.25) is 39.3 Å². The molecule has 156 valence electrons. The van der Waals surface area contributed by atoms with E-state index in [2.05, 4.69) is 64.4 Å². The number of rotatable bonds is 4. The third kappa shape index (κ3) is 3.89. The van der Waals surface area contributed by atoms with Crippen molar-refractivity contribution in [2.45, 2.75) is 96.8 Å². The van der Waals surface area contributed by atoms with Crippen LogP contribution in [-0.4, -0.2) is 22.7 Å². The van der Waals surface area contributed by atoms with E-state index in [4.69, 9.17) is 8.85 Å². The zero-order chi connectivity index (χ0) is 20.3. The van der Waals surface area contributed by atoms with Crippen molar-refractivity contribution >= 4 is 16.6 Å². The molecule has 0 bridgehead atoms. The summed E-state index contributed by atoms with van der Waals surface area (Å²) in [5.74, 6) is 3.55. The molecule has 2 fully saturated rings. The Morgan fingerprint density at radius 2 is 1.68 bits per heavy atom. The minimum Gasteiger partial charge on any atom is -0.544 e. The molecule has 3 aliphatic rings. The largest absolute Gasteiger partial charge is 0.544 e. The lowest BCUT2D eigenvalue weighted by atomic mass is 9.55. The first kappa shape index (κ1) is 20.7. The van der Waals surface area contributed by atoms with E-state index in [1.54, 1.807) is 11.1 Å². The van der Waals surface area contributed by atoms with Crippen molar-refractivity contribution in [3.63, 3.8) is 0 Å². The second-order valence-corrected chi connectivity index (χ2v) is 20.7. The van der Waals surface area contributed by atoms with Crippen LogP contribution in [0.3, 0.4) is 0 Å². The van der Waals surface area contributed by atoms with Crippen molar-refractivity contribution in [3.8, 4) is 5.75 Å². The summed E-state index contributed by atoms with van der Waals surface area (Å²) in [6.45, 7) is 16.4. The lowest BCUT2D eigenvalue weighted by molar-refractivity contribution is -0.0140. The highest BCUT2D eigenvalue weighted by Gasteiger charge is 2.55. The Labute approximate surface area is 174 Å². The third-order valence-electron chi connectivity index (χ3n) is 7.53. The maximum absolute atomic E-state index is 6.71. The van der Waals surface area contributed by atoms with Crippen LogP contribution in [0, 0.1) is 17.3 Å². The van der Waals surface area contributed by atoms with Crippen LogP contribution in [0.4, 0.5) is 0 Å². The molecule has 5 atom stereocenters. The van der Waals surface area contributed by atoms with E-state index in [0.29, 0.717) is 11.5 Å². The Balaban J connectivity index is 1.56. The summed E-state index contributed by atoms with van der Waals surface area (Å²) in [4.78, 5) is 0. The van der Waals surface area contributed by atoms with E-state index < -0.39 is 16.6 Å². The van der Waals surface area contributed by atoms with E-state index in [1.165, 1.54) is 38.5 Å². The van der Waals surface area contributed by atoms with Gasteiger partial charge in [0.1, 0.15) is 5.75 Å². The molecule has 0 spiro atoms. The van der Waals surface area contributed by atoms with Crippen LogP contribution >= 0.6 is 0 Å². The number of aryl methyl sites for hydroxylation is 1. The van der Waals surface area contributed by atoms with E-state index in [1.807, 2.05) is 0 Å². The molecular weight excluding hydrogens is 376 g/mol. The Kier molecular flexibility index (Phi) is 5.16. The smallest absolute Gasteiger partial charge is 0.242 e. The molecule has 0 aliphatic heterocycles. The molecule has 0 heterocycles. The normalized spacial score (nSPS) is 35.1. The summed E-state index contributed by atoms with van der Waals surface area (Å²) < 4.78 is 13.0. The molecule has 2 saturated carbocycles. The number of hydrogen-bond acceptors (Lipinski definition) is 2. The van der Waals surface area contributed by atoms with Gasteiger partial charge in [0.05, 0.1) is 6.10 Å². The summed E-state index contributed by atoms with van der Waals surface area (Å²) in [6.07, 6.45) is 8.41.